The van der Waals surface area contributed by atoms with E-state index >= 15 is 0 Å². The summed E-state index contributed by atoms with van der Waals surface area (Å²) in [6.07, 6.45) is 0. The van der Waals surface area contributed by atoms with E-state index < -0.39 is 7.92 Å². The van der Waals surface area contributed by atoms with Gasteiger partial charge in [-0.15, -0.1) is 0 Å². The maximum absolute atomic E-state index is 6.23. The summed E-state index contributed by atoms with van der Waals surface area (Å²) in [5.41, 5.74) is 2.24. The molecule has 2 heterocycles. The van der Waals surface area contributed by atoms with Gasteiger partial charge in [0.05, 0.1) is 12.1 Å². The van der Waals surface area contributed by atoms with Gasteiger partial charge in [0, 0.05) is 11.1 Å². The molecule has 0 fully saturated rings. The minimum atomic E-state index is -0.926. The average molecular weight is 513 g/mol. The van der Waals surface area contributed by atoms with Crippen molar-refractivity contribution in [2.75, 3.05) is 13.2 Å². The van der Waals surface area contributed by atoms with Crippen molar-refractivity contribution in [2.24, 2.45) is 20.8 Å². The molecule has 0 saturated carbocycles. The number of hydrogen-bond acceptors (Lipinski definition) is 4. The van der Waals surface area contributed by atoms with Crippen LogP contribution < -0.4 is 15.9 Å². The molecule has 2 unspecified atom stereocenters. The molecule has 0 saturated heterocycles. The lowest BCUT2D eigenvalue weighted by atomic mass is 9.88. The maximum Gasteiger partial charge on any atom is 0.217 e. The zero-order chi connectivity index (χ0) is 26.2. The van der Waals surface area contributed by atoms with Crippen molar-refractivity contribution < 1.29 is 9.47 Å². The highest BCUT2D eigenvalue weighted by molar-refractivity contribution is 7.80. The van der Waals surface area contributed by atoms with Gasteiger partial charge in [-0.1, -0.05) is 108 Å². The molecule has 192 valence electrons. The molecule has 0 N–H and O–H groups in total. The Labute approximate surface area is 222 Å². The summed E-state index contributed by atoms with van der Waals surface area (Å²) < 4.78 is 12.5. The largest absolute Gasteiger partial charge is 0.475 e. The highest BCUT2D eigenvalue weighted by atomic mass is 31.1. The van der Waals surface area contributed by atoms with Crippen LogP contribution in [0.5, 0.6) is 0 Å². The summed E-state index contributed by atoms with van der Waals surface area (Å²) >= 11 is 0. The summed E-state index contributed by atoms with van der Waals surface area (Å²) in [4.78, 5) is 10.1. The van der Waals surface area contributed by atoms with Crippen LogP contribution in [0.2, 0.25) is 0 Å². The highest BCUT2D eigenvalue weighted by Crippen LogP contribution is 2.38. The third-order valence-electron chi connectivity index (χ3n) is 7.07. The average Bonchev–Trinajstić information content (AvgIpc) is 3.56. The Kier molecular flexibility index (Phi) is 6.98. The second-order valence-electron chi connectivity index (χ2n) is 12.0. The molecule has 0 radical (unpaired) electrons. The molecule has 2 atom stereocenters. The molecule has 5 heteroatoms. The van der Waals surface area contributed by atoms with E-state index in [4.69, 9.17) is 19.5 Å². The van der Waals surface area contributed by atoms with Crippen molar-refractivity contribution in [3.8, 4) is 0 Å². The minimum Gasteiger partial charge on any atom is -0.475 e. The van der Waals surface area contributed by atoms with E-state index in [2.05, 4.69) is 120 Å². The van der Waals surface area contributed by atoms with Crippen LogP contribution in [0, 0.1) is 10.8 Å². The molecule has 4 nitrogen and oxygen atoms in total. The molecule has 2 aliphatic heterocycles. The monoisotopic (exact) mass is 512 g/mol. The summed E-state index contributed by atoms with van der Waals surface area (Å²) in [7, 11) is -0.926. The Morgan fingerprint density at radius 3 is 1.41 bits per heavy atom. The third-order valence-corrected chi connectivity index (χ3v) is 9.62. The van der Waals surface area contributed by atoms with Gasteiger partial charge in [0.25, 0.3) is 0 Å². The molecule has 2 aliphatic rings. The van der Waals surface area contributed by atoms with Gasteiger partial charge in [-0.05, 0) is 46.8 Å². The molecule has 0 bridgehead atoms. The van der Waals surface area contributed by atoms with Crippen molar-refractivity contribution in [1.82, 2.24) is 0 Å². The fourth-order valence-electron chi connectivity index (χ4n) is 4.61. The predicted molar refractivity (Wildman–Crippen MR) is 157 cm³/mol. The van der Waals surface area contributed by atoms with Gasteiger partial charge in [0.1, 0.15) is 13.2 Å². The molecule has 0 aliphatic carbocycles. The van der Waals surface area contributed by atoms with Crippen molar-refractivity contribution in [3.05, 3.63) is 90.0 Å². The SMILES string of the molecule is CC(C)(C)C1COC(c2ccccc2P(c2ccccc2)c2ccccc2C2=NC(C(C)(C)C)CO2)=N1. The van der Waals surface area contributed by atoms with E-state index in [1.807, 2.05) is 0 Å². The lowest BCUT2D eigenvalue weighted by molar-refractivity contribution is 0.235. The highest BCUT2D eigenvalue weighted by Gasteiger charge is 2.35. The van der Waals surface area contributed by atoms with Gasteiger partial charge in [0.15, 0.2) is 0 Å². The van der Waals surface area contributed by atoms with E-state index in [1.165, 1.54) is 15.9 Å². The van der Waals surface area contributed by atoms with Crippen LogP contribution in [0.4, 0.5) is 0 Å². The first-order valence-electron chi connectivity index (χ1n) is 13.1. The van der Waals surface area contributed by atoms with Gasteiger partial charge in [-0.2, -0.15) is 0 Å². The summed E-state index contributed by atoms with van der Waals surface area (Å²) in [5, 5.41) is 3.74. The normalized spacial score (nSPS) is 20.6. The summed E-state index contributed by atoms with van der Waals surface area (Å²) in [5.74, 6) is 1.50. The first-order valence-corrected chi connectivity index (χ1v) is 14.4. The smallest absolute Gasteiger partial charge is 0.217 e. The molecule has 3 aromatic carbocycles. The Bertz CT molecular complexity index is 1230. The van der Waals surface area contributed by atoms with Crippen molar-refractivity contribution >= 4 is 35.6 Å². The summed E-state index contributed by atoms with van der Waals surface area (Å²) in [6, 6.07) is 28.2. The minimum absolute atomic E-state index is 0.0506. The molecule has 0 amide bonds. The first-order chi connectivity index (χ1) is 17.6. The molecular weight excluding hydrogens is 475 g/mol. The second kappa shape index (κ2) is 10.1. The Balaban J connectivity index is 1.66. The zero-order valence-corrected chi connectivity index (χ0v) is 23.6. The Morgan fingerprint density at radius 1 is 0.595 bits per heavy atom. The van der Waals surface area contributed by atoms with Crippen LogP contribution >= 0.6 is 7.92 Å². The standard InChI is InChI=1S/C32H37N2O2P/c1-31(2,3)27-20-35-29(33-27)23-16-10-12-18-25(23)37(22-14-8-7-9-15-22)26-19-13-11-17-24(26)30-34-28(21-36-30)32(4,5)6/h7-19,27-28H,20-21H2,1-6H3. The van der Waals surface area contributed by atoms with Gasteiger partial charge in [-0.3, -0.25) is 0 Å². The topological polar surface area (TPSA) is 43.2 Å². The number of benzene rings is 3. The maximum atomic E-state index is 6.23. The molecule has 0 aromatic heterocycles. The van der Waals surface area contributed by atoms with Gasteiger partial charge >= 0.3 is 0 Å². The van der Waals surface area contributed by atoms with E-state index in [0.29, 0.717) is 13.2 Å². The summed E-state index contributed by atoms with van der Waals surface area (Å²) in [6.45, 7) is 14.6. The van der Waals surface area contributed by atoms with Crippen molar-refractivity contribution in [3.63, 3.8) is 0 Å². The predicted octanol–water partition coefficient (Wildman–Crippen LogP) is 5.83. The number of nitrogens with zero attached hydrogens (tertiary/aromatic N) is 2. The number of hydrogen-bond donors (Lipinski definition) is 0. The Hall–Kier alpha value is -2.97. The van der Waals surface area contributed by atoms with Gasteiger partial charge in [0.2, 0.25) is 11.8 Å². The van der Waals surface area contributed by atoms with E-state index in [0.717, 1.165) is 22.9 Å². The quantitative estimate of drug-likeness (QED) is 0.404. The van der Waals surface area contributed by atoms with E-state index in [1.54, 1.807) is 0 Å². The van der Waals surface area contributed by atoms with Crippen LogP contribution in [-0.4, -0.2) is 37.1 Å². The van der Waals surface area contributed by atoms with Gasteiger partial charge < -0.3 is 9.47 Å². The number of ether oxygens (including phenoxy) is 2. The molecule has 37 heavy (non-hydrogen) atoms. The molecule has 3 aromatic rings. The number of aliphatic imine (C=N–C) groups is 2. The molecule has 0 spiro atoms. The lowest BCUT2D eigenvalue weighted by Gasteiger charge is -2.24. The van der Waals surface area contributed by atoms with Gasteiger partial charge in [-0.25, -0.2) is 9.98 Å². The third kappa shape index (κ3) is 5.36. The van der Waals surface area contributed by atoms with Crippen LogP contribution in [-0.2, 0) is 9.47 Å². The molecular formula is C32H37N2O2P. The lowest BCUT2D eigenvalue weighted by Crippen LogP contribution is -2.28. The van der Waals surface area contributed by atoms with E-state index in [-0.39, 0.29) is 22.9 Å². The molecule has 5 rings (SSSR count). The number of rotatable bonds is 5. The second-order valence-corrected chi connectivity index (χ2v) is 14.1. The first kappa shape index (κ1) is 25.7. The van der Waals surface area contributed by atoms with Crippen molar-refractivity contribution in [1.29, 1.82) is 0 Å². The van der Waals surface area contributed by atoms with Crippen molar-refractivity contribution in [2.45, 2.75) is 53.6 Å². The van der Waals surface area contributed by atoms with Crippen LogP contribution in [0.1, 0.15) is 52.7 Å². The van der Waals surface area contributed by atoms with E-state index in [9.17, 15) is 0 Å². The fraction of sp³-hybridized carbons (Fsp3) is 0.375. The Morgan fingerprint density at radius 2 is 1.00 bits per heavy atom. The fourth-order valence-corrected chi connectivity index (χ4v) is 7.19. The van der Waals surface area contributed by atoms with Crippen LogP contribution in [0.25, 0.3) is 0 Å². The van der Waals surface area contributed by atoms with Crippen LogP contribution in [0.3, 0.4) is 0 Å². The zero-order valence-electron chi connectivity index (χ0n) is 22.7. The van der Waals surface area contributed by atoms with Crippen LogP contribution in [0.15, 0.2) is 88.8 Å².